The summed E-state index contributed by atoms with van der Waals surface area (Å²) < 4.78 is 0. The molecule has 2 heterocycles. The van der Waals surface area contributed by atoms with Crippen molar-refractivity contribution in [3.05, 3.63) is 0 Å². The van der Waals surface area contributed by atoms with Gasteiger partial charge in [-0.1, -0.05) is 0 Å². The van der Waals surface area contributed by atoms with Gasteiger partial charge in [-0.2, -0.15) is 0 Å². The van der Waals surface area contributed by atoms with E-state index in [2.05, 4.69) is 10.2 Å². The first-order valence-electron chi connectivity index (χ1n) is 6.34. The van der Waals surface area contributed by atoms with Crippen LogP contribution in [0.15, 0.2) is 0 Å². The molecule has 0 amide bonds. The lowest BCUT2D eigenvalue weighted by atomic mass is 9.92. The van der Waals surface area contributed by atoms with E-state index in [1.807, 2.05) is 6.92 Å². The molecule has 3 nitrogen and oxygen atoms in total. The molecule has 15 heavy (non-hydrogen) atoms. The zero-order valence-corrected chi connectivity index (χ0v) is 9.84. The van der Waals surface area contributed by atoms with Gasteiger partial charge in [-0.05, 0) is 52.1 Å². The second-order valence-corrected chi connectivity index (χ2v) is 5.37. The van der Waals surface area contributed by atoms with Crippen molar-refractivity contribution in [2.75, 3.05) is 26.2 Å². The van der Waals surface area contributed by atoms with Crippen molar-refractivity contribution in [3.63, 3.8) is 0 Å². The van der Waals surface area contributed by atoms with Crippen molar-refractivity contribution in [2.45, 2.75) is 50.7 Å². The molecule has 2 saturated heterocycles. The lowest BCUT2D eigenvalue weighted by Crippen LogP contribution is -2.47. The maximum absolute atomic E-state index is 9.91. The Balaban J connectivity index is 1.83. The monoisotopic (exact) mass is 212 g/mol. The summed E-state index contributed by atoms with van der Waals surface area (Å²) in [5, 5.41) is 13.4. The van der Waals surface area contributed by atoms with Crippen molar-refractivity contribution >= 4 is 0 Å². The van der Waals surface area contributed by atoms with Crippen molar-refractivity contribution in [2.24, 2.45) is 0 Å². The normalized spacial score (nSPS) is 33.6. The van der Waals surface area contributed by atoms with Crippen LogP contribution in [0.2, 0.25) is 0 Å². The van der Waals surface area contributed by atoms with Gasteiger partial charge in [0, 0.05) is 19.1 Å². The number of rotatable bonds is 1. The predicted molar refractivity (Wildman–Crippen MR) is 61.9 cm³/mol. The minimum Gasteiger partial charge on any atom is -0.390 e. The van der Waals surface area contributed by atoms with E-state index in [0.717, 1.165) is 38.5 Å². The highest BCUT2D eigenvalue weighted by atomic mass is 16.3. The van der Waals surface area contributed by atoms with E-state index in [4.69, 9.17) is 0 Å². The van der Waals surface area contributed by atoms with Gasteiger partial charge in [0.05, 0.1) is 5.60 Å². The predicted octanol–water partition coefficient (Wildman–Crippen LogP) is 0.975. The van der Waals surface area contributed by atoms with E-state index >= 15 is 0 Å². The Morgan fingerprint density at radius 3 is 2.67 bits per heavy atom. The minimum atomic E-state index is -0.403. The summed E-state index contributed by atoms with van der Waals surface area (Å²) in [6.07, 6.45) is 5.79. The third kappa shape index (κ3) is 3.16. The van der Waals surface area contributed by atoms with Crippen LogP contribution in [0.3, 0.4) is 0 Å². The molecule has 0 spiro atoms. The van der Waals surface area contributed by atoms with Gasteiger partial charge >= 0.3 is 0 Å². The summed E-state index contributed by atoms with van der Waals surface area (Å²) in [5.41, 5.74) is -0.403. The standard InChI is InChI=1S/C12H24N2O/c1-12(15)5-9-14(10-6-12)11-3-2-7-13-8-4-11/h11,13,15H,2-10H2,1H3. The van der Waals surface area contributed by atoms with Gasteiger partial charge in [0.15, 0.2) is 0 Å². The quantitative estimate of drug-likeness (QED) is 0.680. The molecular formula is C12H24N2O. The van der Waals surface area contributed by atoms with Crippen LogP contribution in [0.5, 0.6) is 0 Å². The summed E-state index contributed by atoms with van der Waals surface area (Å²) in [5.74, 6) is 0. The van der Waals surface area contributed by atoms with E-state index in [9.17, 15) is 5.11 Å². The molecule has 2 aliphatic rings. The fourth-order valence-corrected chi connectivity index (χ4v) is 2.74. The van der Waals surface area contributed by atoms with Crippen LogP contribution in [0, 0.1) is 0 Å². The third-order valence-corrected chi connectivity index (χ3v) is 3.94. The van der Waals surface area contributed by atoms with Gasteiger partial charge in [0.25, 0.3) is 0 Å². The van der Waals surface area contributed by atoms with E-state index in [1.54, 1.807) is 0 Å². The van der Waals surface area contributed by atoms with E-state index in [-0.39, 0.29) is 0 Å². The third-order valence-electron chi connectivity index (χ3n) is 3.94. The van der Waals surface area contributed by atoms with Crippen LogP contribution in [-0.4, -0.2) is 47.8 Å². The highest BCUT2D eigenvalue weighted by Gasteiger charge is 2.30. The first-order chi connectivity index (χ1) is 7.17. The molecule has 88 valence electrons. The number of hydrogen-bond donors (Lipinski definition) is 2. The van der Waals surface area contributed by atoms with Crippen LogP contribution in [0.1, 0.15) is 39.0 Å². The SMILES string of the molecule is CC1(O)CCN(C2CCCNCC2)CC1. The highest BCUT2D eigenvalue weighted by Crippen LogP contribution is 2.25. The second kappa shape index (κ2) is 4.81. The van der Waals surface area contributed by atoms with Crippen molar-refractivity contribution in [3.8, 4) is 0 Å². The summed E-state index contributed by atoms with van der Waals surface area (Å²) in [7, 11) is 0. The van der Waals surface area contributed by atoms with Crippen molar-refractivity contribution < 1.29 is 5.11 Å². The van der Waals surface area contributed by atoms with E-state index in [0.29, 0.717) is 0 Å². The molecule has 0 aromatic carbocycles. The molecular weight excluding hydrogens is 188 g/mol. The molecule has 0 aromatic heterocycles. The number of nitrogens with one attached hydrogen (secondary N) is 1. The lowest BCUT2D eigenvalue weighted by Gasteiger charge is -2.40. The molecule has 0 aromatic rings. The number of aliphatic hydroxyl groups is 1. The average Bonchev–Trinajstić information content (AvgIpc) is 2.46. The summed E-state index contributed by atoms with van der Waals surface area (Å²) in [6, 6.07) is 0.760. The smallest absolute Gasteiger partial charge is 0.0644 e. The van der Waals surface area contributed by atoms with Crippen LogP contribution in [0.4, 0.5) is 0 Å². The number of likely N-dealkylation sites (tertiary alicyclic amines) is 1. The van der Waals surface area contributed by atoms with Crippen LogP contribution < -0.4 is 5.32 Å². The Bertz CT molecular complexity index is 188. The fourth-order valence-electron chi connectivity index (χ4n) is 2.74. The van der Waals surface area contributed by atoms with Gasteiger partial charge in [0.2, 0.25) is 0 Å². The summed E-state index contributed by atoms with van der Waals surface area (Å²) in [4.78, 5) is 2.59. The first kappa shape index (κ1) is 11.4. The summed E-state index contributed by atoms with van der Waals surface area (Å²) >= 11 is 0. The zero-order chi connectivity index (χ0) is 10.7. The van der Waals surface area contributed by atoms with Crippen LogP contribution >= 0.6 is 0 Å². The molecule has 2 rings (SSSR count). The highest BCUT2D eigenvalue weighted by molar-refractivity contribution is 4.86. The Morgan fingerprint density at radius 2 is 1.93 bits per heavy atom. The van der Waals surface area contributed by atoms with Crippen LogP contribution in [0.25, 0.3) is 0 Å². The Morgan fingerprint density at radius 1 is 1.20 bits per heavy atom. The van der Waals surface area contributed by atoms with Crippen LogP contribution in [-0.2, 0) is 0 Å². The first-order valence-corrected chi connectivity index (χ1v) is 6.34. The molecule has 0 saturated carbocycles. The molecule has 2 N–H and O–H groups in total. The molecule has 3 heteroatoms. The van der Waals surface area contributed by atoms with Crippen molar-refractivity contribution in [1.29, 1.82) is 0 Å². The molecule has 0 radical (unpaired) electrons. The topological polar surface area (TPSA) is 35.5 Å². The van der Waals surface area contributed by atoms with E-state index < -0.39 is 5.60 Å². The molecule has 0 bridgehead atoms. The maximum atomic E-state index is 9.91. The van der Waals surface area contributed by atoms with Gasteiger partial charge in [-0.15, -0.1) is 0 Å². The maximum Gasteiger partial charge on any atom is 0.0644 e. The van der Waals surface area contributed by atoms with Gasteiger partial charge in [-0.3, -0.25) is 0 Å². The van der Waals surface area contributed by atoms with E-state index in [1.165, 1.54) is 25.8 Å². The largest absolute Gasteiger partial charge is 0.390 e. The average molecular weight is 212 g/mol. The number of hydrogen-bond acceptors (Lipinski definition) is 3. The van der Waals surface area contributed by atoms with Gasteiger partial charge in [0.1, 0.15) is 0 Å². The number of nitrogens with zero attached hydrogens (tertiary/aromatic N) is 1. The molecule has 0 aliphatic carbocycles. The molecule has 1 atom stereocenters. The Labute approximate surface area is 92.8 Å². The Kier molecular flexibility index (Phi) is 3.65. The lowest BCUT2D eigenvalue weighted by molar-refractivity contribution is -0.0178. The number of piperidine rings is 1. The molecule has 1 unspecified atom stereocenters. The molecule has 2 fully saturated rings. The van der Waals surface area contributed by atoms with Gasteiger partial charge < -0.3 is 15.3 Å². The van der Waals surface area contributed by atoms with Crippen molar-refractivity contribution in [1.82, 2.24) is 10.2 Å². The van der Waals surface area contributed by atoms with Gasteiger partial charge in [-0.25, -0.2) is 0 Å². The second-order valence-electron chi connectivity index (χ2n) is 5.37. The Hall–Kier alpha value is -0.120. The minimum absolute atomic E-state index is 0.403. The molecule has 2 aliphatic heterocycles. The summed E-state index contributed by atoms with van der Waals surface area (Å²) in [6.45, 7) is 6.48. The zero-order valence-electron chi connectivity index (χ0n) is 9.84. The fraction of sp³-hybridized carbons (Fsp3) is 1.00.